The summed E-state index contributed by atoms with van der Waals surface area (Å²) in [5, 5.41) is 3.42. The summed E-state index contributed by atoms with van der Waals surface area (Å²) in [4.78, 5) is 0. The van der Waals surface area contributed by atoms with E-state index in [1.807, 2.05) is 6.08 Å². The van der Waals surface area contributed by atoms with Crippen LogP contribution in [0.25, 0.3) is 0 Å². The van der Waals surface area contributed by atoms with E-state index in [2.05, 4.69) is 60.7 Å². The van der Waals surface area contributed by atoms with E-state index in [4.69, 9.17) is 0 Å². The van der Waals surface area contributed by atoms with Crippen LogP contribution in [0.15, 0.2) is 29.3 Å². The fourth-order valence-electron chi connectivity index (χ4n) is 1.42. The molecule has 1 rings (SSSR count). The minimum absolute atomic E-state index is 0.300. The van der Waals surface area contributed by atoms with Crippen LogP contribution in [-0.4, -0.2) is 6.04 Å². The fourth-order valence-corrected chi connectivity index (χ4v) is 2.11. The van der Waals surface area contributed by atoms with Crippen molar-refractivity contribution >= 4 is 21.6 Å². The maximum Gasteiger partial charge on any atom is 0.0413 e. The molecule has 1 aromatic carbocycles. The van der Waals surface area contributed by atoms with Gasteiger partial charge in [-0.1, -0.05) is 22.0 Å². The molecule has 0 spiro atoms. The first-order valence-electron chi connectivity index (χ1n) is 4.70. The third-order valence-corrected chi connectivity index (χ3v) is 2.68. The molecule has 0 bridgehead atoms. The van der Waals surface area contributed by atoms with Crippen LogP contribution in [-0.2, 0) is 0 Å². The zero-order valence-corrected chi connectivity index (χ0v) is 10.5. The van der Waals surface area contributed by atoms with Gasteiger partial charge in [-0.15, -0.1) is 6.58 Å². The van der Waals surface area contributed by atoms with Gasteiger partial charge in [0.05, 0.1) is 0 Å². The summed E-state index contributed by atoms with van der Waals surface area (Å²) in [7, 11) is 0. The van der Waals surface area contributed by atoms with Gasteiger partial charge in [-0.2, -0.15) is 0 Å². The molecule has 0 saturated heterocycles. The van der Waals surface area contributed by atoms with Gasteiger partial charge in [0.25, 0.3) is 0 Å². The normalized spacial score (nSPS) is 12.3. The first kappa shape index (κ1) is 11.3. The van der Waals surface area contributed by atoms with Crippen LogP contribution in [0, 0.1) is 13.8 Å². The predicted molar refractivity (Wildman–Crippen MR) is 66.9 cm³/mol. The molecule has 0 saturated carbocycles. The number of nitrogens with one attached hydrogen (secondary N) is 1. The number of benzene rings is 1. The Morgan fingerprint density at radius 1 is 1.36 bits per heavy atom. The molecule has 0 aliphatic heterocycles. The number of hydrogen-bond acceptors (Lipinski definition) is 1. The zero-order valence-electron chi connectivity index (χ0n) is 8.89. The summed E-state index contributed by atoms with van der Waals surface area (Å²) in [6, 6.07) is 4.53. The lowest BCUT2D eigenvalue weighted by Gasteiger charge is -2.16. The Labute approximate surface area is 94.3 Å². The van der Waals surface area contributed by atoms with E-state index in [-0.39, 0.29) is 0 Å². The Kier molecular flexibility index (Phi) is 3.76. The molecule has 14 heavy (non-hydrogen) atoms. The number of rotatable bonds is 3. The van der Waals surface area contributed by atoms with Gasteiger partial charge >= 0.3 is 0 Å². The highest BCUT2D eigenvalue weighted by atomic mass is 79.9. The standard InChI is InChI=1S/C12H16BrN/c1-5-10(4)14-12-8(2)6-11(13)7-9(12)3/h5-7,10,14H,1H2,2-4H3. The van der Waals surface area contributed by atoms with E-state index in [1.165, 1.54) is 16.8 Å². The van der Waals surface area contributed by atoms with E-state index in [9.17, 15) is 0 Å². The van der Waals surface area contributed by atoms with E-state index >= 15 is 0 Å². The summed E-state index contributed by atoms with van der Waals surface area (Å²) in [5.41, 5.74) is 3.72. The second kappa shape index (κ2) is 4.65. The lowest BCUT2D eigenvalue weighted by atomic mass is 10.1. The van der Waals surface area contributed by atoms with Gasteiger partial charge in [0, 0.05) is 16.2 Å². The number of aryl methyl sites for hydroxylation is 2. The Bertz CT molecular complexity index is 321. The molecule has 0 aliphatic carbocycles. The smallest absolute Gasteiger partial charge is 0.0413 e. The van der Waals surface area contributed by atoms with E-state index < -0.39 is 0 Å². The summed E-state index contributed by atoms with van der Waals surface area (Å²) >= 11 is 3.48. The van der Waals surface area contributed by atoms with Crippen molar-refractivity contribution in [2.24, 2.45) is 0 Å². The molecule has 0 amide bonds. The number of anilines is 1. The molecule has 0 aromatic heterocycles. The number of hydrogen-bond donors (Lipinski definition) is 1. The van der Waals surface area contributed by atoms with Gasteiger partial charge < -0.3 is 5.32 Å². The zero-order chi connectivity index (χ0) is 10.7. The Morgan fingerprint density at radius 2 is 1.86 bits per heavy atom. The molecule has 1 N–H and O–H groups in total. The van der Waals surface area contributed by atoms with Crippen LogP contribution in [0.4, 0.5) is 5.69 Å². The average Bonchev–Trinajstić information content (AvgIpc) is 2.10. The average molecular weight is 254 g/mol. The molecule has 2 heteroatoms. The van der Waals surface area contributed by atoms with Gasteiger partial charge in [0.2, 0.25) is 0 Å². The van der Waals surface area contributed by atoms with Crippen molar-refractivity contribution in [3.05, 3.63) is 40.4 Å². The van der Waals surface area contributed by atoms with E-state index in [0.29, 0.717) is 6.04 Å². The monoisotopic (exact) mass is 253 g/mol. The van der Waals surface area contributed by atoms with Crippen LogP contribution in [0.3, 0.4) is 0 Å². The topological polar surface area (TPSA) is 12.0 Å². The maximum atomic E-state index is 3.76. The predicted octanol–water partition coefficient (Wildman–Crippen LogP) is 4.05. The van der Waals surface area contributed by atoms with Crippen LogP contribution < -0.4 is 5.32 Å². The Morgan fingerprint density at radius 3 is 2.29 bits per heavy atom. The van der Waals surface area contributed by atoms with Crippen molar-refractivity contribution in [1.29, 1.82) is 0 Å². The summed E-state index contributed by atoms with van der Waals surface area (Å²) in [6.07, 6.45) is 1.90. The van der Waals surface area contributed by atoms with Crippen molar-refractivity contribution in [1.82, 2.24) is 0 Å². The minimum atomic E-state index is 0.300. The Balaban J connectivity index is 3.02. The largest absolute Gasteiger partial charge is 0.379 e. The highest BCUT2D eigenvalue weighted by Gasteiger charge is 2.05. The highest BCUT2D eigenvalue weighted by molar-refractivity contribution is 9.10. The van der Waals surface area contributed by atoms with Gasteiger partial charge in [0.15, 0.2) is 0 Å². The molecule has 76 valence electrons. The molecule has 1 atom stereocenters. The van der Waals surface area contributed by atoms with Crippen LogP contribution in [0.5, 0.6) is 0 Å². The van der Waals surface area contributed by atoms with Crippen molar-refractivity contribution in [3.8, 4) is 0 Å². The molecule has 1 aromatic rings. The lowest BCUT2D eigenvalue weighted by molar-refractivity contribution is 0.992. The molecular formula is C12H16BrN. The summed E-state index contributed by atoms with van der Waals surface area (Å²) in [6.45, 7) is 10.1. The highest BCUT2D eigenvalue weighted by Crippen LogP contribution is 2.25. The van der Waals surface area contributed by atoms with Crippen molar-refractivity contribution in [2.75, 3.05) is 5.32 Å². The Hall–Kier alpha value is -0.760. The lowest BCUT2D eigenvalue weighted by Crippen LogP contribution is -2.13. The molecule has 0 heterocycles. The summed E-state index contributed by atoms with van der Waals surface area (Å²) < 4.78 is 1.13. The maximum absolute atomic E-state index is 3.76. The fraction of sp³-hybridized carbons (Fsp3) is 0.333. The summed E-state index contributed by atoms with van der Waals surface area (Å²) in [5.74, 6) is 0. The van der Waals surface area contributed by atoms with Crippen LogP contribution in [0.1, 0.15) is 18.1 Å². The van der Waals surface area contributed by atoms with Gasteiger partial charge in [0.1, 0.15) is 0 Å². The van der Waals surface area contributed by atoms with Crippen molar-refractivity contribution in [3.63, 3.8) is 0 Å². The second-order valence-corrected chi connectivity index (χ2v) is 4.50. The second-order valence-electron chi connectivity index (χ2n) is 3.58. The third-order valence-electron chi connectivity index (χ3n) is 2.22. The van der Waals surface area contributed by atoms with Crippen LogP contribution in [0.2, 0.25) is 0 Å². The van der Waals surface area contributed by atoms with Gasteiger partial charge in [-0.25, -0.2) is 0 Å². The van der Waals surface area contributed by atoms with E-state index in [0.717, 1.165) is 4.47 Å². The first-order chi connectivity index (χ1) is 6.54. The molecule has 0 aliphatic rings. The minimum Gasteiger partial charge on any atom is -0.379 e. The van der Waals surface area contributed by atoms with Gasteiger partial charge in [-0.3, -0.25) is 0 Å². The molecular weight excluding hydrogens is 238 g/mol. The third kappa shape index (κ3) is 2.61. The molecule has 1 nitrogen and oxygen atoms in total. The van der Waals surface area contributed by atoms with E-state index in [1.54, 1.807) is 0 Å². The molecule has 0 fully saturated rings. The first-order valence-corrected chi connectivity index (χ1v) is 5.49. The van der Waals surface area contributed by atoms with Gasteiger partial charge in [-0.05, 0) is 44.0 Å². The SMILES string of the molecule is C=CC(C)Nc1c(C)cc(Br)cc1C. The molecule has 0 radical (unpaired) electrons. The molecule has 1 unspecified atom stereocenters. The quantitative estimate of drug-likeness (QED) is 0.802. The van der Waals surface area contributed by atoms with Crippen LogP contribution >= 0.6 is 15.9 Å². The van der Waals surface area contributed by atoms with Crippen molar-refractivity contribution in [2.45, 2.75) is 26.8 Å². The van der Waals surface area contributed by atoms with Crippen molar-refractivity contribution < 1.29 is 0 Å². The number of halogens is 1.